The van der Waals surface area contributed by atoms with Crippen LogP contribution in [0.4, 0.5) is 0 Å². The van der Waals surface area contributed by atoms with E-state index in [2.05, 4.69) is 4.74 Å². The zero-order valence-corrected chi connectivity index (χ0v) is 12.2. The second-order valence-corrected chi connectivity index (χ2v) is 2.80. The summed E-state index contributed by atoms with van der Waals surface area (Å²) in [4.78, 5) is 29.7. The van der Waals surface area contributed by atoms with Gasteiger partial charge in [0.25, 0.3) is 0 Å². The zero-order valence-electron chi connectivity index (χ0n) is 9.97. The molecule has 0 saturated heterocycles. The van der Waals surface area contributed by atoms with Crippen molar-refractivity contribution in [2.24, 2.45) is 0 Å². The number of carbonyl (C=O) groups is 3. The van der Waals surface area contributed by atoms with Crippen LogP contribution in [0.3, 0.4) is 0 Å². The Labute approximate surface area is 129 Å². The fourth-order valence-corrected chi connectivity index (χ4v) is 0.329. The molecule has 0 aromatic carbocycles. The molecule has 0 aliphatic carbocycles. The quantitative estimate of drug-likeness (QED) is 0.423. The summed E-state index contributed by atoms with van der Waals surface area (Å²) in [6, 6.07) is 0. The molecule has 0 rings (SSSR count). The van der Waals surface area contributed by atoms with Crippen molar-refractivity contribution in [2.75, 3.05) is 0 Å². The Bertz CT molecular complexity index is 252. The van der Waals surface area contributed by atoms with E-state index in [1.807, 2.05) is 0 Å². The minimum absolute atomic E-state index is 0. The summed E-state index contributed by atoms with van der Waals surface area (Å²) in [6.07, 6.45) is -2.31. The summed E-state index contributed by atoms with van der Waals surface area (Å²) in [5.74, 6) is -3.34. The van der Waals surface area contributed by atoms with Crippen LogP contribution in [0.1, 0.15) is 27.2 Å². The van der Waals surface area contributed by atoms with Crippen LogP contribution in [0.25, 0.3) is 0 Å². The first kappa shape index (κ1) is 21.9. The third kappa shape index (κ3) is 15.6. The molecule has 0 aliphatic rings. The summed E-state index contributed by atoms with van der Waals surface area (Å²) in [5, 5.41) is 27.3. The molecule has 0 bridgehead atoms. The SMILES string of the molecule is CC(O)C(=O)[O-].CCC(=O)OC(C)C(=O)[O-].[Ca+2]. The third-order valence-electron chi connectivity index (χ3n) is 1.27. The number of aliphatic carboxylic acids is 2. The second-order valence-electron chi connectivity index (χ2n) is 2.80. The van der Waals surface area contributed by atoms with E-state index in [9.17, 15) is 24.6 Å². The molecule has 0 aliphatic heterocycles. The molecule has 0 fully saturated rings. The Morgan fingerprint density at radius 2 is 1.53 bits per heavy atom. The zero-order chi connectivity index (χ0) is 13.3. The van der Waals surface area contributed by atoms with Crippen LogP contribution in [0.2, 0.25) is 0 Å². The van der Waals surface area contributed by atoms with Crippen LogP contribution in [0.15, 0.2) is 0 Å². The first-order valence-corrected chi connectivity index (χ1v) is 4.51. The van der Waals surface area contributed by atoms with Gasteiger partial charge in [0.2, 0.25) is 0 Å². The molecular formula is C9H14CaO7. The van der Waals surface area contributed by atoms with Gasteiger partial charge in [-0.3, -0.25) is 4.79 Å². The van der Waals surface area contributed by atoms with E-state index < -0.39 is 30.1 Å². The van der Waals surface area contributed by atoms with Crippen LogP contribution in [0, 0.1) is 0 Å². The van der Waals surface area contributed by atoms with Gasteiger partial charge in [0, 0.05) is 6.42 Å². The van der Waals surface area contributed by atoms with Crippen LogP contribution >= 0.6 is 0 Å². The molecule has 0 saturated carbocycles. The summed E-state index contributed by atoms with van der Waals surface area (Å²) in [6.45, 7) is 3.97. The Morgan fingerprint density at radius 1 is 1.18 bits per heavy atom. The van der Waals surface area contributed by atoms with Crippen LogP contribution in [0.5, 0.6) is 0 Å². The molecule has 0 aromatic heterocycles. The normalized spacial score (nSPS) is 12.0. The standard InChI is InChI=1S/C6H10O4.C3H6O3.Ca/c1-3-5(7)10-4(2)6(8)9;1-2(4)3(5)6;/h4H,3H2,1-2H3,(H,8,9);2,4H,1H3,(H,5,6);/q;;+2/p-2. The maximum atomic E-state index is 10.4. The molecule has 0 radical (unpaired) electrons. The van der Waals surface area contributed by atoms with Gasteiger partial charge in [-0.2, -0.15) is 0 Å². The number of aliphatic hydroxyl groups is 1. The second kappa shape index (κ2) is 12.1. The van der Waals surface area contributed by atoms with E-state index in [4.69, 9.17) is 5.11 Å². The molecule has 1 N–H and O–H groups in total. The predicted molar refractivity (Wildman–Crippen MR) is 53.3 cm³/mol. The van der Waals surface area contributed by atoms with Crippen molar-refractivity contribution < 1.29 is 34.4 Å². The van der Waals surface area contributed by atoms with Gasteiger partial charge in [-0.1, -0.05) is 6.92 Å². The Balaban J connectivity index is -0.000000244. The van der Waals surface area contributed by atoms with E-state index in [0.717, 1.165) is 6.92 Å². The summed E-state index contributed by atoms with van der Waals surface area (Å²) < 4.78 is 4.36. The number of hydrogen-bond acceptors (Lipinski definition) is 7. The Morgan fingerprint density at radius 3 is 1.71 bits per heavy atom. The maximum Gasteiger partial charge on any atom is 2.00 e. The van der Waals surface area contributed by atoms with Crippen LogP contribution < -0.4 is 10.2 Å². The first-order valence-electron chi connectivity index (χ1n) is 4.51. The fraction of sp³-hybridized carbons (Fsp3) is 0.667. The monoisotopic (exact) mass is 274 g/mol. The number of carboxylic acid groups (broad SMARTS) is 2. The van der Waals surface area contributed by atoms with Crippen molar-refractivity contribution in [1.82, 2.24) is 0 Å². The largest absolute Gasteiger partial charge is 2.00 e. The van der Waals surface area contributed by atoms with Crippen molar-refractivity contribution >= 4 is 55.6 Å². The molecule has 0 heterocycles. The molecule has 94 valence electrons. The first-order chi connectivity index (χ1) is 7.22. The van der Waals surface area contributed by atoms with Crippen molar-refractivity contribution in [2.45, 2.75) is 39.4 Å². The molecule has 0 amide bonds. The predicted octanol–water partition coefficient (Wildman–Crippen LogP) is -3.19. The van der Waals surface area contributed by atoms with E-state index >= 15 is 0 Å². The fourth-order valence-electron chi connectivity index (χ4n) is 0.329. The summed E-state index contributed by atoms with van der Waals surface area (Å²) >= 11 is 0. The van der Waals surface area contributed by atoms with E-state index in [1.54, 1.807) is 6.92 Å². The molecule has 2 atom stereocenters. The van der Waals surface area contributed by atoms with Crippen molar-refractivity contribution in [3.63, 3.8) is 0 Å². The van der Waals surface area contributed by atoms with Gasteiger partial charge in [-0.05, 0) is 13.8 Å². The maximum absolute atomic E-state index is 10.4. The molecule has 17 heavy (non-hydrogen) atoms. The number of carboxylic acids is 2. The molecule has 0 aromatic rings. The number of rotatable bonds is 4. The van der Waals surface area contributed by atoms with Crippen LogP contribution in [-0.4, -0.2) is 73.0 Å². The smallest absolute Gasteiger partial charge is 0.547 e. The molecule has 0 spiro atoms. The van der Waals surface area contributed by atoms with E-state index in [0.29, 0.717) is 0 Å². The van der Waals surface area contributed by atoms with Crippen molar-refractivity contribution in [3.05, 3.63) is 0 Å². The van der Waals surface area contributed by atoms with Gasteiger partial charge in [0.15, 0.2) is 0 Å². The molecule has 8 heteroatoms. The molecule has 2 unspecified atom stereocenters. The van der Waals surface area contributed by atoms with Gasteiger partial charge in [-0.15, -0.1) is 0 Å². The minimum Gasteiger partial charge on any atom is -0.547 e. The van der Waals surface area contributed by atoms with Crippen LogP contribution in [-0.2, 0) is 19.1 Å². The minimum atomic E-state index is -1.44. The van der Waals surface area contributed by atoms with E-state index in [1.165, 1.54) is 6.92 Å². The average Bonchev–Trinajstić information content (AvgIpc) is 2.18. The number of aliphatic hydroxyl groups excluding tert-OH is 1. The number of carbonyl (C=O) groups excluding carboxylic acids is 3. The average molecular weight is 274 g/mol. The van der Waals surface area contributed by atoms with E-state index in [-0.39, 0.29) is 44.2 Å². The third-order valence-corrected chi connectivity index (χ3v) is 1.27. The molecular weight excluding hydrogens is 260 g/mol. The van der Waals surface area contributed by atoms with Crippen molar-refractivity contribution in [1.29, 1.82) is 0 Å². The van der Waals surface area contributed by atoms with Gasteiger partial charge < -0.3 is 29.6 Å². The summed E-state index contributed by atoms with van der Waals surface area (Å²) in [7, 11) is 0. The Kier molecular flexibility index (Phi) is 15.6. The molecule has 7 nitrogen and oxygen atoms in total. The number of esters is 1. The number of hydrogen-bond donors (Lipinski definition) is 1. The van der Waals surface area contributed by atoms with Gasteiger partial charge in [0.05, 0.1) is 18.0 Å². The number of ether oxygens (including phenoxy) is 1. The van der Waals surface area contributed by atoms with Gasteiger partial charge in [-0.25, -0.2) is 0 Å². The Hall–Kier alpha value is -0.370. The van der Waals surface area contributed by atoms with Gasteiger partial charge in [0.1, 0.15) is 6.10 Å². The van der Waals surface area contributed by atoms with Gasteiger partial charge >= 0.3 is 43.7 Å². The topological polar surface area (TPSA) is 127 Å². The summed E-state index contributed by atoms with van der Waals surface area (Å²) in [5.41, 5.74) is 0. The van der Waals surface area contributed by atoms with Crippen molar-refractivity contribution in [3.8, 4) is 0 Å².